The van der Waals surface area contributed by atoms with Crippen molar-refractivity contribution in [2.75, 3.05) is 0 Å². The Morgan fingerprint density at radius 2 is 1.56 bits per heavy atom. The summed E-state index contributed by atoms with van der Waals surface area (Å²) in [6, 6.07) is 19.0. The minimum Gasteiger partial charge on any atom is -0.446 e. The van der Waals surface area contributed by atoms with E-state index in [2.05, 4.69) is 11.8 Å². The highest BCUT2D eigenvalue weighted by Gasteiger charge is 2.07. The molecule has 2 heteroatoms. The van der Waals surface area contributed by atoms with Crippen LogP contribution in [0.2, 0.25) is 0 Å². The molecule has 0 radical (unpaired) electrons. The Labute approximate surface area is 106 Å². The van der Waals surface area contributed by atoms with Gasteiger partial charge in [0.25, 0.3) is 6.47 Å². The van der Waals surface area contributed by atoms with E-state index in [1.54, 1.807) is 0 Å². The van der Waals surface area contributed by atoms with Gasteiger partial charge in [-0.2, -0.15) is 0 Å². The second kappa shape index (κ2) is 6.27. The molecule has 2 nitrogen and oxygen atoms in total. The lowest BCUT2D eigenvalue weighted by Crippen LogP contribution is -2.00. The quantitative estimate of drug-likeness (QED) is 0.605. The second-order valence-electron chi connectivity index (χ2n) is 3.66. The van der Waals surface area contributed by atoms with Gasteiger partial charge in [0.05, 0.1) is 0 Å². The average molecular weight is 236 g/mol. The molecule has 0 fully saturated rings. The van der Waals surface area contributed by atoms with Crippen molar-refractivity contribution >= 4 is 6.47 Å². The maximum absolute atomic E-state index is 10.5. The molecule has 88 valence electrons. The molecule has 2 rings (SSSR count). The Morgan fingerprint density at radius 1 is 0.944 bits per heavy atom. The van der Waals surface area contributed by atoms with Crippen LogP contribution in [0.3, 0.4) is 0 Å². The maximum Gasteiger partial charge on any atom is 0.294 e. The number of rotatable bonds is 3. The predicted octanol–water partition coefficient (Wildman–Crippen LogP) is 2.95. The van der Waals surface area contributed by atoms with Crippen molar-refractivity contribution in [2.24, 2.45) is 0 Å². The fraction of sp³-hybridized carbons (Fsp3) is 0.0625. The van der Waals surface area contributed by atoms with Crippen molar-refractivity contribution in [3.8, 4) is 11.8 Å². The summed E-state index contributed by atoms with van der Waals surface area (Å²) in [5.41, 5.74) is 1.76. The minimum atomic E-state index is -0.524. The number of carbonyl (C=O) groups excluding carboxylic acids is 1. The molecular weight excluding hydrogens is 224 g/mol. The van der Waals surface area contributed by atoms with E-state index < -0.39 is 6.10 Å². The van der Waals surface area contributed by atoms with Crippen LogP contribution < -0.4 is 0 Å². The third-order valence-corrected chi connectivity index (χ3v) is 2.42. The molecule has 2 aromatic carbocycles. The largest absolute Gasteiger partial charge is 0.446 e. The predicted molar refractivity (Wildman–Crippen MR) is 69.7 cm³/mol. The Hall–Kier alpha value is -2.53. The number of benzene rings is 2. The topological polar surface area (TPSA) is 26.3 Å². The molecule has 1 unspecified atom stereocenters. The summed E-state index contributed by atoms with van der Waals surface area (Å²) in [6.07, 6.45) is -0.524. The Balaban J connectivity index is 2.23. The van der Waals surface area contributed by atoms with E-state index in [0.717, 1.165) is 11.1 Å². The van der Waals surface area contributed by atoms with Crippen molar-refractivity contribution in [3.05, 3.63) is 71.8 Å². The lowest BCUT2D eigenvalue weighted by molar-refractivity contribution is -0.131. The zero-order valence-corrected chi connectivity index (χ0v) is 9.74. The van der Waals surface area contributed by atoms with E-state index in [0.29, 0.717) is 6.47 Å². The van der Waals surface area contributed by atoms with Gasteiger partial charge in [0.15, 0.2) is 6.10 Å². The monoisotopic (exact) mass is 236 g/mol. The van der Waals surface area contributed by atoms with Gasteiger partial charge in [0.2, 0.25) is 0 Å². The molecule has 1 atom stereocenters. The average Bonchev–Trinajstić information content (AvgIpc) is 2.45. The van der Waals surface area contributed by atoms with Gasteiger partial charge in [-0.1, -0.05) is 54.5 Å². The first-order valence-electron chi connectivity index (χ1n) is 5.61. The Bertz CT molecular complexity index is 550. The zero-order valence-electron chi connectivity index (χ0n) is 9.74. The first-order valence-corrected chi connectivity index (χ1v) is 5.61. The van der Waals surface area contributed by atoms with E-state index in [-0.39, 0.29) is 0 Å². The van der Waals surface area contributed by atoms with E-state index in [1.807, 2.05) is 60.7 Å². The van der Waals surface area contributed by atoms with Crippen LogP contribution in [0.1, 0.15) is 17.2 Å². The van der Waals surface area contributed by atoms with Crippen molar-refractivity contribution in [1.29, 1.82) is 0 Å². The van der Waals surface area contributed by atoms with Gasteiger partial charge < -0.3 is 4.74 Å². The van der Waals surface area contributed by atoms with Gasteiger partial charge in [-0.25, -0.2) is 0 Å². The van der Waals surface area contributed by atoms with Crippen LogP contribution in [-0.2, 0) is 9.53 Å². The van der Waals surface area contributed by atoms with Crippen LogP contribution >= 0.6 is 0 Å². The highest BCUT2D eigenvalue weighted by atomic mass is 16.5. The number of hydrogen-bond donors (Lipinski definition) is 0. The molecule has 0 bridgehead atoms. The number of ether oxygens (including phenoxy) is 1. The first-order chi connectivity index (χ1) is 8.90. The fourth-order valence-corrected chi connectivity index (χ4v) is 1.55. The third-order valence-electron chi connectivity index (χ3n) is 2.42. The molecule has 0 aliphatic rings. The SMILES string of the molecule is O=COC(C#Cc1ccccc1)c1ccccc1. The summed E-state index contributed by atoms with van der Waals surface area (Å²) in [7, 11) is 0. The summed E-state index contributed by atoms with van der Waals surface area (Å²) in [5.74, 6) is 5.94. The molecule has 0 saturated heterocycles. The van der Waals surface area contributed by atoms with E-state index >= 15 is 0 Å². The van der Waals surface area contributed by atoms with Gasteiger partial charge in [-0.05, 0) is 18.1 Å². The van der Waals surface area contributed by atoms with Crippen LogP contribution in [0, 0.1) is 11.8 Å². The first kappa shape index (κ1) is 11.9. The standard InChI is InChI=1S/C16H12O2/c17-13-18-16(15-9-5-2-6-10-15)12-11-14-7-3-1-4-8-14/h1-10,13,16H. The molecule has 2 aromatic rings. The molecule has 0 amide bonds. The van der Waals surface area contributed by atoms with E-state index in [4.69, 9.17) is 4.74 Å². The normalized spacial score (nSPS) is 10.9. The lowest BCUT2D eigenvalue weighted by Gasteiger charge is -2.08. The summed E-state index contributed by atoms with van der Waals surface area (Å²) < 4.78 is 5.00. The fourth-order valence-electron chi connectivity index (χ4n) is 1.55. The number of hydrogen-bond acceptors (Lipinski definition) is 2. The number of carbonyl (C=O) groups is 1. The molecule has 0 aromatic heterocycles. The van der Waals surface area contributed by atoms with Crippen molar-refractivity contribution in [3.63, 3.8) is 0 Å². The van der Waals surface area contributed by atoms with Crippen LogP contribution in [-0.4, -0.2) is 6.47 Å². The summed E-state index contributed by atoms with van der Waals surface area (Å²) >= 11 is 0. The summed E-state index contributed by atoms with van der Waals surface area (Å²) in [6.45, 7) is 0.428. The van der Waals surface area contributed by atoms with Gasteiger partial charge in [0.1, 0.15) is 0 Å². The summed E-state index contributed by atoms with van der Waals surface area (Å²) in [5, 5.41) is 0. The van der Waals surface area contributed by atoms with Crippen LogP contribution in [0.15, 0.2) is 60.7 Å². The van der Waals surface area contributed by atoms with E-state index in [1.165, 1.54) is 0 Å². The van der Waals surface area contributed by atoms with Gasteiger partial charge in [0, 0.05) is 11.1 Å². The minimum absolute atomic E-state index is 0.428. The molecule has 0 aliphatic heterocycles. The van der Waals surface area contributed by atoms with Crippen LogP contribution in [0.4, 0.5) is 0 Å². The molecule has 18 heavy (non-hydrogen) atoms. The van der Waals surface area contributed by atoms with Gasteiger partial charge >= 0.3 is 0 Å². The lowest BCUT2D eigenvalue weighted by atomic mass is 10.1. The molecular formula is C16H12O2. The summed E-state index contributed by atoms with van der Waals surface area (Å²) in [4.78, 5) is 10.5. The molecule has 0 N–H and O–H groups in total. The van der Waals surface area contributed by atoms with Crippen molar-refractivity contribution < 1.29 is 9.53 Å². The molecule has 0 spiro atoms. The maximum atomic E-state index is 10.5. The smallest absolute Gasteiger partial charge is 0.294 e. The van der Waals surface area contributed by atoms with E-state index in [9.17, 15) is 4.79 Å². The van der Waals surface area contributed by atoms with Gasteiger partial charge in [-0.15, -0.1) is 0 Å². The highest BCUT2D eigenvalue weighted by molar-refractivity contribution is 5.42. The Kier molecular flexibility index (Phi) is 4.16. The van der Waals surface area contributed by atoms with Crippen LogP contribution in [0.25, 0.3) is 0 Å². The van der Waals surface area contributed by atoms with Crippen LogP contribution in [0.5, 0.6) is 0 Å². The molecule has 0 saturated carbocycles. The van der Waals surface area contributed by atoms with Gasteiger partial charge in [-0.3, -0.25) is 4.79 Å². The molecule has 0 aliphatic carbocycles. The Morgan fingerprint density at radius 3 is 2.17 bits per heavy atom. The third kappa shape index (κ3) is 3.23. The molecule has 0 heterocycles. The van der Waals surface area contributed by atoms with Crippen molar-refractivity contribution in [1.82, 2.24) is 0 Å². The van der Waals surface area contributed by atoms with Crippen molar-refractivity contribution in [2.45, 2.75) is 6.10 Å². The second-order valence-corrected chi connectivity index (χ2v) is 3.66. The zero-order chi connectivity index (χ0) is 12.6. The highest BCUT2D eigenvalue weighted by Crippen LogP contribution is 2.15.